The number of nitriles is 3. The van der Waals surface area contributed by atoms with Crippen molar-refractivity contribution in [3.8, 4) is 51.8 Å². The van der Waals surface area contributed by atoms with E-state index in [0.29, 0.717) is 16.7 Å². The second-order valence-electron chi connectivity index (χ2n) is 12.3. The molecule has 0 aliphatic heterocycles. The molecule has 0 aliphatic carbocycles. The standard InChI is InChI=1S/C45H25N5/c46-26-29-14-22-44-40(23-29)39-9-3-6-12-43(39)50(44)45-24-30(27-47)13-20-36(45)32-17-15-31(16-18-32)35-21-19-34(25-33(35)28-48)49-41-10-4-1-7-37(41)38-8-2-5-11-42(38)49/h1-25H. The Labute approximate surface area is 287 Å². The quantitative estimate of drug-likeness (QED) is 0.193. The summed E-state index contributed by atoms with van der Waals surface area (Å²) in [6.45, 7) is 0. The van der Waals surface area contributed by atoms with E-state index in [9.17, 15) is 15.8 Å². The van der Waals surface area contributed by atoms with E-state index < -0.39 is 0 Å². The van der Waals surface area contributed by atoms with Gasteiger partial charge in [0.1, 0.15) is 0 Å². The van der Waals surface area contributed by atoms with Crippen LogP contribution in [0.25, 0.3) is 77.2 Å². The molecule has 2 aromatic heterocycles. The minimum atomic E-state index is 0.557. The van der Waals surface area contributed by atoms with Crippen molar-refractivity contribution < 1.29 is 0 Å². The Bertz CT molecular complexity index is 2900. The Morgan fingerprint density at radius 2 is 0.880 bits per heavy atom. The van der Waals surface area contributed by atoms with Crippen LogP contribution in [-0.4, -0.2) is 9.13 Å². The van der Waals surface area contributed by atoms with Gasteiger partial charge in [-0.3, -0.25) is 0 Å². The largest absolute Gasteiger partial charge is 0.309 e. The lowest BCUT2D eigenvalue weighted by molar-refractivity contribution is 1.18. The average Bonchev–Trinajstić information content (AvgIpc) is 3.70. The molecule has 0 N–H and O–H groups in total. The number of fused-ring (bicyclic) bond motifs is 6. The van der Waals surface area contributed by atoms with Gasteiger partial charge in [-0.25, -0.2) is 0 Å². The van der Waals surface area contributed by atoms with Gasteiger partial charge in [-0.2, -0.15) is 15.8 Å². The van der Waals surface area contributed by atoms with Crippen LogP contribution in [0.1, 0.15) is 16.7 Å². The lowest BCUT2D eigenvalue weighted by Gasteiger charge is -2.15. The van der Waals surface area contributed by atoms with Crippen molar-refractivity contribution in [2.24, 2.45) is 0 Å². The molecule has 0 fully saturated rings. The molecule has 0 amide bonds. The van der Waals surface area contributed by atoms with Gasteiger partial charge in [-0.15, -0.1) is 0 Å². The maximum Gasteiger partial charge on any atom is 0.0998 e. The molecule has 0 radical (unpaired) electrons. The highest BCUT2D eigenvalue weighted by molar-refractivity contribution is 6.11. The van der Waals surface area contributed by atoms with Crippen LogP contribution in [0.4, 0.5) is 0 Å². The number of rotatable bonds is 4. The van der Waals surface area contributed by atoms with Gasteiger partial charge in [-0.05, 0) is 77.4 Å². The molecule has 0 bridgehead atoms. The summed E-state index contributed by atoms with van der Waals surface area (Å²) < 4.78 is 4.40. The summed E-state index contributed by atoms with van der Waals surface area (Å²) in [7, 11) is 0. The molecule has 230 valence electrons. The van der Waals surface area contributed by atoms with Crippen LogP contribution in [0.2, 0.25) is 0 Å². The van der Waals surface area contributed by atoms with Gasteiger partial charge in [0.25, 0.3) is 0 Å². The van der Waals surface area contributed by atoms with Crippen molar-refractivity contribution >= 4 is 43.6 Å². The van der Waals surface area contributed by atoms with E-state index in [1.807, 2.05) is 72.8 Å². The lowest BCUT2D eigenvalue weighted by atomic mass is 9.95. The van der Waals surface area contributed by atoms with Gasteiger partial charge in [0, 0.05) is 32.8 Å². The SMILES string of the molecule is N#Cc1ccc(-c2ccc(-c3ccc(-n4c5ccccc5c5ccccc54)cc3C#N)cc2)c(-n2c3ccccc3c3cc(C#N)ccc32)c1. The van der Waals surface area contributed by atoms with Crippen molar-refractivity contribution in [3.63, 3.8) is 0 Å². The smallest absolute Gasteiger partial charge is 0.0998 e. The number of benzene rings is 7. The second-order valence-corrected chi connectivity index (χ2v) is 12.3. The number of nitrogens with zero attached hydrogens (tertiary/aromatic N) is 5. The van der Waals surface area contributed by atoms with Gasteiger partial charge < -0.3 is 9.13 Å². The normalized spacial score (nSPS) is 11.1. The molecular weight excluding hydrogens is 611 g/mol. The molecular formula is C45H25N5. The zero-order valence-corrected chi connectivity index (χ0v) is 26.7. The van der Waals surface area contributed by atoms with E-state index >= 15 is 0 Å². The number of hydrogen-bond acceptors (Lipinski definition) is 3. The fraction of sp³-hybridized carbons (Fsp3) is 0. The van der Waals surface area contributed by atoms with Gasteiger partial charge in [0.05, 0.1) is 62.7 Å². The molecule has 50 heavy (non-hydrogen) atoms. The third-order valence-electron chi connectivity index (χ3n) is 9.64. The predicted octanol–water partition coefficient (Wildman–Crippen LogP) is 10.8. The third kappa shape index (κ3) is 4.38. The Kier molecular flexibility index (Phi) is 6.56. The molecule has 7 aromatic carbocycles. The monoisotopic (exact) mass is 635 g/mol. The van der Waals surface area contributed by atoms with E-state index in [0.717, 1.165) is 66.5 Å². The molecule has 0 atom stereocenters. The van der Waals surface area contributed by atoms with Crippen LogP contribution >= 0.6 is 0 Å². The first-order chi connectivity index (χ1) is 24.7. The van der Waals surface area contributed by atoms with E-state index in [1.165, 1.54) is 10.8 Å². The van der Waals surface area contributed by atoms with Crippen LogP contribution < -0.4 is 0 Å². The van der Waals surface area contributed by atoms with Crippen LogP contribution in [0.3, 0.4) is 0 Å². The zero-order valence-electron chi connectivity index (χ0n) is 26.7. The minimum absolute atomic E-state index is 0.557. The highest BCUT2D eigenvalue weighted by atomic mass is 15.0. The van der Waals surface area contributed by atoms with Gasteiger partial charge in [-0.1, -0.05) is 91.0 Å². The van der Waals surface area contributed by atoms with E-state index in [-0.39, 0.29) is 0 Å². The van der Waals surface area contributed by atoms with E-state index in [1.54, 1.807) is 0 Å². The summed E-state index contributed by atoms with van der Waals surface area (Å²) in [4.78, 5) is 0. The maximum atomic E-state index is 10.4. The summed E-state index contributed by atoms with van der Waals surface area (Å²) >= 11 is 0. The van der Waals surface area contributed by atoms with E-state index in [4.69, 9.17) is 0 Å². The molecule has 0 aliphatic rings. The highest BCUT2D eigenvalue weighted by Crippen LogP contribution is 2.38. The lowest BCUT2D eigenvalue weighted by Crippen LogP contribution is -1.98. The zero-order chi connectivity index (χ0) is 33.8. The Hall–Kier alpha value is -7.39. The average molecular weight is 636 g/mol. The number of hydrogen-bond donors (Lipinski definition) is 0. The molecule has 9 rings (SSSR count). The third-order valence-corrected chi connectivity index (χ3v) is 9.64. The maximum absolute atomic E-state index is 10.4. The molecule has 0 spiro atoms. The van der Waals surface area contributed by atoms with Crippen molar-refractivity contribution in [1.29, 1.82) is 15.8 Å². The van der Waals surface area contributed by atoms with Crippen molar-refractivity contribution in [2.75, 3.05) is 0 Å². The summed E-state index contributed by atoms with van der Waals surface area (Å²) in [6.07, 6.45) is 0. The number of aromatic nitrogens is 2. The second kappa shape index (κ2) is 11.4. The minimum Gasteiger partial charge on any atom is -0.309 e. The Balaban J connectivity index is 1.16. The first kappa shape index (κ1) is 28.8. The van der Waals surface area contributed by atoms with Crippen LogP contribution in [-0.2, 0) is 0 Å². The van der Waals surface area contributed by atoms with Gasteiger partial charge in [0.2, 0.25) is 0 Å². The molecule has 2 heterocycles. The summed E-state index contributed by atoms with van der Waals surface area (Å²) in [5.74, 6) is 0. The molecule has 5 nitrogen and oxygen atoms in total. The fourth-order valence-corrected chi connectivity index (χ4v) is 7.38. The number of para-hydroxylation sites is 3. The van der Waals surface area contributed by atoms with Crippen molar-refractivity contribution in [3.05, 3.63) is 168 Å². The first-order valence-corrected chi connectivity index (χ1v) is 16.3. The summed E-state index contributed by atoms with van der Waals surface area (Å²) in [5.41, 5.74) is 11.5. The fourth-order valence-electron chi connectivity index (χ4n) is 7.38. The van der Waals surface area contributed by atoms with E-state index in [2.05, 4.69) is 106 Å². The van der Waals surface area contributed by atoms with Gasteiger partial charge >= 0.3 is 0 Å². The molecule has 0 saturated carbocycles. The van der Waals surface area contributed by atoms with Crippen LogP contribution in [0, 0.1) is 34.0 Å². The topological polar surface area (TPSA) is 81.2 Å². The summed E-state index contributed by atoms with van der Waals surface area (Å²) in [6, 6.07) is 57.7. The van der Waals surface area contributed by atoms with Crippen LogP contribution in [0.15, 0.2) is 152 Å². The predicted molar refractivity (Wildman–Crippen MR) is 200 cm³/mol. The molecule has 5 heteroatoms. The van der Waals surface area contributed by atoms with Crippen LogP contribution in [0.5, 0.6) is 0 Å². The molecule has 0 saturated heterocycles. The molecule has 9 aromatic rings. The first-order valence-electron chi connectivity index (χ1n) is 16.3. The Morgan fingerprint density at radius 1 is 0.380 bits per heavy atom. The van der Waals surface area contributed by atoms with Gasteiger partial charge in [0.15, 0.2) is 0 Å². The molecule has 0 unspecified atom stereocenters. The Morgan fingerprint density at radius 3 is 1.50 bits per heavy atom. The van der Waals surface area contributed by atoms with Crippen molar-refractivity contribution in [2.45, 2.75) is 0 Å². The highest BCUT2D eigenvalue weighted by Gasteiger charge is 2.18. The van der Waals surface area contributed by atoms with Crippen molar-refractivity contribution in [1.82, 2.24) is 9.13 Å². The summed E-state index contributed by atoms with van der Waals surface area (Å²) in [5, 5.41) is 34.2.